The number of carboxylic acid groups (broad SMARTS) is 2. The molecule has 0 fully saturated rings. The van der Waals surface area contributed by atoms with Gasteiger partial charge in [0.05, 0.1) is 11.1 Å². The first-order valence-electron chi connectivity index (χ1n) is 5.62. The molecular formula is C14H11NO4S. The van der Waals surface area contributed by atoms with E-state index in [2.05, 4.69) is 0 Å². The summed E-state index contributed by atoms with van der Waals surface area (Å²) in [4.78, 5) is 23.3. The number of hydrogen-bond acceptors (Lipinski definition) is 4. The Morgan fingerprint density at radius 2 is 1.50 bits per heavy atom. The Hall–Kier alpha value is -2.47. The maximum absolute atomic E-state index is 11.2. The Balaban J connectivity index is 2.45. The molecule has 0 saturated carbocycles. The van der Waals surface area contributed by atoms with Gasteiger partial charge in [0.1, 0.15) is 0 Å². The lowest BCUT2D eigenvalue weighted by Gasteiger charge is -2.09. The van der Waals surface area contributed by atoms with E-state index in [1.807, 2.05) is 0 Å². The molecule has 0 aliphatic carbocycles. The third-order valence-electron chi connectivity index (χ3n) is 2.57. The fourth-order valence-corrected chi connectivity index (χ4v) is 2.70. The van der Waals surface area contributed by atoms with E-state index >= 15 is 0 Å². The molecular weight excluding hydrogens is 278 g/mol. The monoisotopic (exact) mass is 289 g/mol. The van der Waals surface area contributed by atoms with E-state index in [1.54, 1.807) is 30.3 Å². The van der Waals surface area contributed by atoms with Crippen LogP contribution in [0.15, 0.2) is 52.3 Å². The highest BCUT2D eigenvalue weighted by Gasteiger charge is 2.15. The van der Waals surface area contributed by atoms with Gasteiger partial charge in [-0.1, -0.05) is 23.9 Å². The molecule has 0 bridgehead atoms. The van der Waals surface area contributed by atoms with Crippen LogP contribution in [-0.4, -0.2) is 22.2 Å². The summed E-state index contributed by atoms with van der Waals surface area (Å²) in [7, 11) is 0. The smallest absolute Gasteiger partial charge is 0.336 e. The summed E-state index contributed by atoms with van der Waals surface area (Å²) < 4.78 is 0. The fraction of sp³-hybridized carbons (Fsp3) is 0. The second kappa shape index (κ2) is 5.66. The van der Waals surface area contributed by atoms with Crippen molar-refractivity contribution in [1.29, 1.82) is 0 Å². The number of nitrogen functional groups attached to an aromatic ring is 1. The molecule has 4 N–H and O–H groups in total. The van der Waals surface area contributed by atoms with Gasteiger partial charge in [0.15, 0.2) is 0 Å². The van der Waals surface area contributed by atoms with E-state index in [0.29, 0.717) is 15.5 Å². The molecule has 0 radical (unpaired) electrons. The zero-order chi connectivity index (χ0) is 14.7. The van der Waals surface area contributed by atoms with Gasteiger partial charge in [-0.05, 0) is 30.3 Å². The molecule has 0 atom stereocenters. The van der Waals surface area contributed by atoms with Gasteiger partial charge in [0.25, 0.3) is 0 Å². The summed E-state index contributed by atoms with van der Waals surface area (Å²) in [5, 5.41) is 18.3. The Bertz CT molecular complexity index is 685. The van der Waals surface area contributed by atoms with Crippen molar-refractivity contribution >= 4 is 29.4 Å². The quantitative estimate of drug-likeness (QED) is 0.748. The Kier molecular flexibility index (Phi) is 3.95. The first-order valence-corrected chi connectivity index (χ1v) is 6.43. The van der Waals surface area contributed by atoms with Crippen molar-refractivity contribution in [2.45, 2.75) is 9.79 Å². The van der Waals surface area contributed by atoms with Crippen LogP contribution >= 0.6 is 11.8 Å². The number of carbonyl (C=O) groups is 2. The zero-order valence-electron chi connectivity index (χ0n) is 10.2. The lowest BCUT2D eigenvalue weighted by atomic mass is 10.2. The van der Waals surface area contributed by atoms with E-state index in [-0.39, 0.29) is 11.1 Å². The summed E-state index contributed by atoms with van der Waals surface area (Å²) in [5.74, 6) is -2.16. The second-order valence-corrected chi connectivity index (χ2v) is 5.05. The molecule has 0 spiro atoms. The summed E-state index contributed by atoms with van der Waals surface area (Å²) in [6, 6.07) is 10.9. The predicted octanol–water partition coefficient (Wildman–Crippen LogP) is 2.82. The number of anilines is 1. The highest BCUT2D eigenvalue weighted by Crippen LogP contribution is 2.33. The number of nitrogens with two attached hydrogens (primary N) is 1. The third kappa shape index (κ3) is 2.92. The van der Waals surface area contributed by atoms with Crippen molar-refractivity contribution in [3.63, 3.8) is 0 Å². The lowest BCUT2D eigenvalue weighted by molar-refractivity contribution is 0.0683. The normalized spacial score (nSPS) is 10.2. The van der Waals surface area contributed by atoms with Gasteiger partial charge in [-0.2, -0.15) is 0 Å². The molecule has 0 aromatic heterocycles. The van der Waals surface area contributed by atoms with Crippen LogP contribution in [-0.2, 0) is 0 Å². The number of aromatic carboxylic acids is 2. The highest BCUT2D eigenvalue weighted by molar-refractivity contribution is 7.99. The maximum Gasteiger partial charge on any atom is 0.336 e. The zero-order valence-corrected chi connectivity index (χ0v) is 11.1. The van der Waals surface area contributed by atoms with Crippen molar-refractivity contribution in [3.05, 3.63) is 53.6 Å². The van der Waals surface area contributed by atoms with E-state index in [4.69, 9.17) is 15.9 Å². The van der Waals surface area contributed by atoms with E-state index < -0.39 is 11.9 Å². The van der Waals surface area contributed by atoms with Gasteiger partial charge in [-0.15, -0.1) is 0 Å². The number of rotatable bonds is 4. The van der Waals surface area contributed by atoms with Crippen LogP contribution in [0.2, 0.25) is 0 Å². The summed E-state index contributed by atoms with van der Waals surface area (Å²) in [5.41, 5.74) is 6.10. The van der Waals surface area contributed by atoms with E-state index in [9.17, 15) is 9.59 Å². The van der Waals surface area contributed by atoms with Crippen molar-refractivity contribution < 1.29 is 19.8 Å². The molecule has 2 aromatic carbocycles. The molecule has 2 aromatic rings. The summed E-state index contributed by atoms with van der Waals surface area (Å²) >= 11 is 1.09. The molecule has 0 amide bonds. The topological polar surface area (TPSA) is 101 Å². The molecule has 102 valence electrons. The first-order chi connectivity index (χ1) is 9.49. The minimum atomic E-state index is -1.10. The first kappa shape index (κ1) is 14.0. The van der Waals surface area contributed by atoms with Crippen LogP contribution in [0.3, 0.4) is 0 Å². The van der Waals surface area contributed by atoms with Crippen molar-refractivity contribution in [1.82, 2.24) is 0 Å². The number of benzene rings is 2. The largest absolute Gasteiger partial charge is 0.478 e. The van der Waals surface area contributed by atoms with Crippen molar-refractivity contribution in [2.24, 2.45) is 0 Å². The molecule has 0 aliphatic rings. The molecule has 0 unspecified atom stereocenters. The molecule has 6 heteroatoms. The van der Waals surface area contributed by atoms with Crippen LogP contribution < -0.4 is 5.73 Å². The minimum Gasteiger partial charge on any atom is -0.478 e. The minimum absolute atomic E-state index is 0.0511. The fourth-order valence-electron chi connectivity index (χ4n) is 1.65. The second-order valence-electron chi connectivity index (χ2n) is 3.96. The van der Waals surface area contributed by atoms with Gasteiger partial charge in [0.2, 0.25) is 0 Å². The predicted molar refractivity (Wildman–Crippen MR) is 75.3 cm³/mol. The number of carboxylic acids is 2. The molecule has 5 nitrogen and oxygen atoms in total. The third-order valence-corrected chi connectivity index (χ3v) is 3.72. The molecule has 0 aliphatic heterocycles. The van der Waals surface area contributed by atoms with Crippen LogP contribution in [0.25, 0.3) is 0 Å². The maximum atomic E-state index is 11.2. The van der Waals surface area contributed by atoms with Gasteiger partial charge >= 0.3 is 11.9 Å². The molecule has 2 rings (SSSR count). The molecule has 0 heterocycles. The lowest BCUT2D eigenvalue weighted by Crippen LogP contribution is -2.02. The van der Waals surface area contributed by atoms with Crippen molar-refractivity contribution in [2.75, 3.05) is 5.73 Å². The Labute approximate surface area is 119 Å². The van der Waals surface area contributed by atoms with E-state index in [0.717, 1.165) is 11.8 Å². The van der Waals surface area contributed by atoms with E-state index in [1.165, 1.54) is 12.1 Å². The average Bonchev–Trinajstić information content (AvgIpc) is 2.41. The number of hydrogen-bond donors (Lipinski definition) is 3. The van der Waals surface area contributed by atoms with Crippen LogP contribution in [0.5, 0.6) is 0 Å². The SMILES string of the molecule is Nc1ccc(Sc2ccccc2C(=O)O)c(C(=O)O)c1. The highest BCUT2D eigenvalue weighted by atomic mass is 32.2. The Morgan fingerprint density at radius 3 is 2.15 bits per heavy atom. The van der Waals surface area contributed by atoms with Crippen LogP contribution in [0.1, 0.15) is 20.7 Å². The Morgan fingerprint density at radius 1 is 0.900 bits per heavy atom. The molecule has 0 saturated heterocycles. The van der Waals surface area contributed by atoms with Gasteiger partial charge in [-0.25, -0.2) is 9.59 Å². The van der Waals surface area contributed by atoms with Gasteiger partial charge < -0.3 is 15.9 Å². The summed E-state index contributed by atoms with van der Waals surface area (Å²) in [6.45, 7) is 0. The van der Waals surface area contributed by atoms with Gasteiger partial charge in [0, 0.05) is 15.5 Å². The van der Waals surface area contributed by atoms with Gasteiger partial charge in [-0.3, -0.25) is 0 Å². The van der Waals surface area contributed by atoms with Crippen LogP contribution in [0, 0.1) is 0 Å². The van der Waals surface area contributed by atoms with Crippen molar-refractivity contribution in [3.8, 4) is 0 Å². The standard InChI is InChI=1S/C14H11NO4S/c15-8-5-6-12(10(7-8)14(18)19)20-11-4-2-1-3-9(11)13(16)17/h1-7H,15H2,(H,16,17)(H,18,19). The average molecular weight is 289 g/mol. The summed E-state index contributed by atoms with van der Waals surface area (Å²) in [6.07, 6.45) is 0. The van der Waals surface area contributed by atoms with Crippen LogP contribution in [0.4, 0.5) is 5.69 Å². The molecule has 20 heavy (non-hydrogen) atoms.